The number of benzene rings is 1. The van der Waals surface area contributed by atoms with Crippen LogP contribution in [-0.2, 0) is 12.0 Å². The molecule has 3 nitrogen and oxygen atoms in total. The normalized spacial score (nSPS) is 37.9. The highest BCUT2D eigenvalue weighted by Gasteiger charge is 2.53. The van der Waals surface area contributed by atoms with Gasteiger partial charge in [-0.1, -0.05) is 12.8 Å². The Kier molecular flexibility index (Phi) is 1.92. The second-order valence-electron chi connectivity index (χ2n) is 6.50. The van der Waals surface area contributed by atoms with Crippen LogP contribution in [0.1, 0.15) is 43.2 Å². The van der Waals surface area contributed by atoms with E-state index < -0.39 is 0 Å². The molecule has 0 amide bonds. The molecular weight excluding hydrogens is 238 g/mol. The lowest BCUT2D eigenvalue weighted by Crippen LogP contribution is -2.48. The van der Waals surface area contributed by atoms with Gasteiger partial charge in [-0.25, -0.2) is 0 Å². The maximum Gasteiger partial charge on any atom is 0.231 e. The molecule has 1 saturated heterocycles. The molecule has 100 valence electrons. The molecule has 3 heteroatoms. The Morgan fingerprint density at radius 2 is 2.00 bits per heavy atom. The molecule has 1 aliphatic carbocycles. The molecule has 2 fully saturated rings. The Labute approximate surface area is 113 Å². The summed E-state index contributed by atoms with van der Waals surface area (Å²) in [6.07, 6.45) is 6.88. The van der Waals surface area contributed by atoms with Gasteiger partial charge in [0.25, 0.3) is 0 Å². The van der Waals surface area contributed by atoms with Gasteiger partial charge in [-0.3, -0.25) is 4.90 Å². The summed E-state index contributed by atoms with van der Waals surface area (Å²) in [5.41, 5.74) is 3.49. The van der Waals surface area contributed by atoms with Crippen molar-refractivity contribution in [2.24, 2.45) is 0 Å². The van der Waals surface area contributed by atoms with Gasteiger partial charge in [-0.15, -0.1) is 0 Å². The molecule has 0 aromatic heterocycles. The van der Waals surface area contributed by atoms with Gasteiger partial charge < -0.3 is 9.47 Å². The van der Waals surface area contributed by atoms with Gasteiger partial charge in [0.2, 0.25) is 6.79 Å². The number of hydrogen-bond donors (Lipinski definition) is 0. The third-order valence-electron chi connectivity index (χ3n) is 5.78. The van der Waals surface area contributed by atoms with Crippen LogP contribution in [0.15, 0.2) is 12.1 Å². The largest absolute Gasteiger partial charge is 0.454 e. The number of hydrogen-bond acceptors (Lipinski definition) is 3. The Morgan fingerprint density at radius 1 is 1.11 bits per heavy atom. The van der Waals surface area contributed by atoms with E-state index in [1.54, 1.807) is 5.56 Å². The van der Waals surface area contributed by atoms with Crippen LogP contribution in [0.4, 0.5) is 0 Å². The molecule has 0 N–H and O–H groups in total. The fourth-order valence-corrected chi connectivity index (χ4v) is 4.98. The Bertz CT molecular complexity index is 556. The minimum Gasteiger partial charge on any atom is -0.454 e. The number of rotatable bonds is 0. The second-order valence-corrected chi connectivity index (χ2v) is 6.50. The molecule has 1 unspecified atom stereocenters. The summed E-state index contributed by atoms with van der Waals surface area (Å²) in [5, 5.41) is 0. The van der Waals surface area contributed by atoms with Crippen LogP contribution in [0.25, 0.3) is 0 Å². The fraction of sp³-hybridized carbons (Fsp3) is 0.625. The van der Waals surface area contributed by atoms with Crippen LogP contribution in [-0.4, -0.2) is 24.3 Å². The molecule has 3 heterocycles. The summed E-state index contributed by atoms with van der Waals surface area (Å²) in [6.45, 7) is 2.77. The third kappa shape index (κ3) is 1.22. The Morgan fingerprint density at radius 3 is 2.95 bits per heavy atom. The molecule has 5 rings (SSSR count). The summed E-state index contributed by atoms with van der Waals surface area (Å²) in [5.74, 6) is 1.92. The van der Waals surface area contributed by atoms with Crippen LogP contribution < -0.4 is 9.47 Å². The fourth-order valence-electron chi connectivity index (χ4n) is 4.98. The molecule has 4 aliphatic rings. The van der Waals surface area contributed by atoms with E-state index in [0.717, 1.165) is 24.1 Å². The zero-order valence-corrected chi connectivity index (χ0v) is 11.2. The summed E-state index contributed by atoms with van der Waals surface area (Å²) < 4.78 is 11.2. The average molecular weight is 257 g/mol. The molecule has 1 saturated carbocycles. The van der Waals surface area contributed by atoms with E-state index in [2.05, 4.69) is 17.0 Å². The van der Waals surface area contributed by atoms with Crippen molar-refractivity contribution in [3.8, 4) is 11.5 Å². The summed E-state index contributed by atoms with van der Waals surface area (Å²) in [4.78, 5) is 2.71. The van der Waals surface area contributed by atoms with Crippen molar-refractivity contribution in [1.29, 1.82) is 0 Å². The number of nitrogens with zero attached hydrogens (tertiary/aromatic N) is 1. The quantitative estimate of drug-likeness (QED) is 0.713. The molecule has 3 atom stereocenters. The highest BCUT2D eigenvalue weighted by molar-refractivity contribution is 5.53. The van der Waals surface area contributed by atoms with Gasteiger partial charge in [-0.05, 0) is 49.1 Å². The number of ether oxygens (including phenoxy) is 2. The smallest absolute Gasteiger partial charge is 0.231 e. The van der Waals surface area contributed by atoms with E-state index in [4.69, 9.17) is 9.47 Å². The predicted octanol–water partition coefficient (Wildman–Crippen LogP) is 2.82. The van der Waals surface area contributed by atoms with Crippen molar-refractivity contribution in [3.63, 3.8) is 0 Å². The van der Waals surface area contributed by atoms with E-state index in [1.807, 2.05) is 0 Å². The zero-order chi connectivity index (χ0) is 12.4. The van der Waals surface area contributed by atoms with Crippen LogP contribution in [0.3, 0.4) is 0 Å². The lowest BCUT2D eigenvalue weighted by Gasteiger charge is -2.47. The predicted molar refractivity (Wildman–Crippen MR) is 71.5 cm³/mol. The SMILES string of the molecule is c1c2c(cc3c1OCO3)[C@]13CCCC[C@H]1N(CC3)C2. The second kappa shape index (κ2) is 3.45. The topological polar surface area (TPSA) is 21.7 Å². The first-order valence-electron chi connectivity index (χ1n) is 7.54. The summed E-state index contributed by atoms with van der Waals surface area (Å²) in [6, 6.07) is 5.33. The van der Waals surface area contributed by atoms with Gasteiger partial charge in [0.05, 0.1) is 0 Å². The monoisotopic (exact) mass is 257 g/mol. The molecule has 1 aromatic rings. The molecule has 19 heavy (non-hydrogen) atoms. The van der Waals surface area contributed by atoms with Crippen LogP contribution >= 0.6 is 0 Å². The number of fused-ring (bicyclic) bond motifs is 2. The van der Waals surface area contributed by atoms with E-state index in [1.165, 1.54) is 44.2 Å². The van der Waals surface area contributed by atoms with Crippen molar-refractivity contribution < 1.29 is 9.47 Å². The van der Waals surface area contributed by atoms with Crippen molar-refractivity contribution >= 4 is 0 Å². The van der Waals surface area contributed by atoms with Gasteiger partial charge in [0.15, 0.2) is 11.5 Å². The lowest BCUT2D eigenvalue weighted by atomic mass is 9.63. The molecule has 0 radical (unpaired) electrons. The van der Waals surface area contributed by atoms with Crippen molar-refractivity contribution in [2.75, 3.05) is 13.3 Å². The molecule has 0 spiro atoms. The van der Waals surface area contributed by atoms with Crippen LogP contribution in [0, 0.1) is 0 Å². The van der Waals surface area contributed by atoms with Gasteiger partial charge in [0.1, 0.15) is 0 Å². The van der Waals surface area contributed by atoms with Crippen LogP contribution in [0.2, 0.25) is 0 Å². The standard InChI is InChI=1S/C16H19NO2/c1-2-4-16-5-6-17(15(16)3-1)9-11-7-13-14(8-12(11)16)19-10-18-13/h7-8,15H,1-6,9-10H2/t15-,16-/m1/s1. The maximum atomic E-state index is 5.61. The van der Waals surface area contributed by atoms with Crippen molar-refractivity contribution in [3.05, 3.63) is 23.3 Å². The zero-order valence-electron chi connectivity index (χ0n) is 11.2. The van der Waals surface area contributed by atoms with Gasteiger partial charge in [0, 0.05) is 18.0 Å². The first-order chi connectivity index (χ1) is 9.37. The van der Waals surface area contributed by atoms with E-state index in [0.29, 0.717) is 12.2 Å². The molecular formula is C16H19NO2. The maximum absolute atomic E-state index is 5.61. The molecule has 2 bridgehead atoms. The first-order valence-corrected chi connectivity index (χ1v) is 7.54. The van der Waals surface area contributed by atoms with E-state index in [9.17, 15) is 0 Å². The summed E-state index contributed by atoms with van der Waals surface area (Å²) >= 11 is 0. The Hall–Kier alpha value is -1.22. The van der Waals surface area contributed by atoms with Crippen LogP contribution in [0.5, 0.6) is 11.5 Å². The van der Waals surface area contributed by atoms with E-state index in [-0.39, 0.29) is 0 Å². The van der Waals surface area contributed by atoms with Crippen molar-refractivity contribution in [2.45, 2.75) is 50.1 Å². The minimum absolute atomic E-state index is 0.387. The molecule has 3 aliphatic heterocycles. The van der Waals surface area contributed by atoms with Gasteiger partial charge in [-0.2, -0.15) is 0 Å². The van der Waals surface area contributed by atoms with E-state index >= 15 is 0 Å². The van der Waals surface area contributed by atoms with Gasteiger partial charge >= 0.3 is 0 Å². The highest BCUT2D eigenvalue weighted by atomic mass is 16.7. The first kappa shape index (κ1) is 10.6. The third-order valence-corrected chi connectivity index (χ3v) is 5.78. The average Bonchev–Trinajstić information content (AvgIpc) is 3.00. The Balaban J connectivity index is 1.72. The minimum atomic E-state index is 0.387. The van der Waals surface area contributed by atoms with Crippen molar-refractivity contribution in [1.82, 2.24) is 4.90 Å². The summed E-state index contributed by atoms with van der Waals surface area (Å²) in [7, 11) is 0. The highest BCUT2D eigenvalue weighted by Crippen LogP contribution is 2.55. The molecule has 1 aromatic carbocycles. The lowest BCUT2D eigenvalue weighted by molar-refractivity contribution is 0.132.